The first-order valence-electron chi connectivity index (χ1n) is 5.47. The number of carbonyl (C=O) groups is 2. The lowest BCUT2D eigenvalue weighted by Gasteiger charge is -2.14. The van der Waals surface area contributed by atoms with E-state index >= 15 is 0 Å². The lowest BCUT2D eigenvalue weighted by Crippen LogP contribution is -2.42. The Balaban J connectivity index is 2.40. The van der Waals surface area contributed by atoms with Gasteiger partial charge >= 0.3 is 5.97 Å². The van der Waals surface area contributed by atoms with E-state index in [0.29, 0.717) is 19.4 Å². The van der Waals surface area contributed by atoms with E-state index in [0.717, 1.165) is 0 Å². The van der Waals surface area contributed by atoms with Crippen LogP contribution in [-0.2, 0) is 20.9 Å². The number of hydrogen-bond donors (Lipinski definition) is 2. The minimum absolute atomic E-state index is 0.0476. The van der Waals surface area contributed by atoms with Crippen molar-refractivity contribution in [2.24, 2.45) is 0 Å². The third kappa shape index (κ3) is 4.91. The molecule has 2 N–H and O–H groups in total. The number of carboxylic acid groups (broad SMARTS) is 1. The van der Waals surface area contributed by atoms with Crippen LogP contribution in [0.25, 0.3) is 0 Å². The van der Waals surface area contributed by atoms with Gasteiger partial charge in [-0.1, -0.05) is 0 Å². The fraction of sp³-hybridized carbons (Fsp3) is 0.600. The van der Waals surface area contributed by atoms with Crippen molar-refractivity contribution in [1.82, 2.24) is 20.1 Å². The zero-order valence-electron chi connectivity index (χ0n) is 10.1. The highest BCUT2D eigenvalue weighted by Crippen LogP contribution is 1.98. The zero-order valence-corrected chi connectivity index (χ0v) is 10.1. The molecule has 0 spiro atoms. The monoisotopic (exact) mass is 256 g/mol. The molecule has 1 aromatic rings. The Bertz CT molecular complexity index is 379. The number of carbonyl (C=O) groups excluding carboxylic acids is 1. The van der Waals surface area contributed by atoms with Gasteiger partial charge in [-0.3, -0.25) is 4.79 Å². The summed E-state index contributed by atoms with van der Waals surface area (Å²) in [5.41, 5.74) is 0. The van der Waals surface area contributed by atoms with Crippen molar-refractivity contribution in [3.63, 3.8) is 0 Å². The summed E-state index contributed by atoms with van der Waals surface area (Å²) in [5.74, 6) is -1.47. The van der Waals surface area contributed by atoms with Crippen molar-refractivity contribution < 1.29 is 19.4 Å². The van der Waals surface area contributed by atoms with Gasteiger partial charge in [-0.05, 0) is 12.8 Å². The summed E-state index contributed by atoms with van der Waals surface area (Å²) in [7, 11) is 1.54. The number of ether oxygens (including phenoxy) is 1. The minimum atomic E-state index is -1.06. The second-order valence-corrected chi connectivity index (χ2v) is 3.69. The van der Waals surface area contributed by atoms with Crippen LogP contribution in [0.4, 0.5) is 0 Å². The maximum absolute atomic E-state index is 11.6. The lowest BCUT2D eigenvalue weighted by atomic mass is 10.1. The molecule has 0 aliphatic rings. The summed E-state index contributed by atoms with van der Waals surface area (Å²) in [6.45, 7) is 0.413. The Hall–Kier alpha value is -1.96. The van der Waals surface area contributed by atoms with Gasteiger partial charge in [0, 0.05) is 13.7 Å². The van der Waals surface area contributed by atoms with Crippen molar-refractivity contribution in [3.05, 3.63) is 12.7 Å². The lowest BCUT2D eigenvalue weighted by molar-refractivity contribution is -0.142. The number of aliphatic carboxylic acids is 1. The molecule has 0 saturated heterocycles. The molecule has 1 rings (SSSR count). The van der Waals surface area contributed by atoms with Crippen molar-refractivity contribution in [1.29, 1.82) is 0 Å². The number of rotatable bonds is 8. The van der Waals surface area contributed by atoms with Gasteiger partial charge in [0.15, 0.2) is 0 Å². The van der Waals surface area contributed by atoms with Gasteiger partial charge in [-0.2, -0.15) is 5.10 Å². The number of hydrogen-bond acceptors (Lipinski definition) is 5. The van der Waals surface area contributed by atoms with Gasteiger partial charge in [-0.15, -0.1) is 0 Å². The Morgan fingerprint density at radius 3 is 2.89 bits per heavy atom. The molecule has 0 fully saturated rings. The van der Waals surface area contributed by atoms with Crippen LogP contribution in [0.15, 0.2) is 12.7 Å². The smallest absolute Gasteiger partial charge is 0.326 e. The second-order valence-electron chi connectivity index (χ2n) is 3.69. The molecule has 0 aromatic carbocycles. The number of methoxy groups -OCH3 is 1. The maximum atomic E-state index is 11.6. The Morgan fingerprint density at radius 2 is 2.33 bits per heavy atom. The predicted molar refractivity (Wildman–Crippen MR) is 60.7 cm³/mol. The molecule has 0 aliphatic heterocycles. The zero-order chi connectivity index (χ0) is 13.4. The fourth-order valence-electron chi connectivity index (χ4n) is 1.39. The molecular weight excluding hydrogens is 240 g/mol. The number of aromatic nitrogens is 3. The molecule has 0 bridgehead atoms. The fourth-order valence-corrected chi connectivity index (χ4v) is 1.39. The average molecular weight is 256 g/mol. The highest BCUT2D eigenvalue weighted by molar-refractivity contribution is 5.83. The summed E-state index contributed by atoms with van der Waals surface area (Å²) < 4.78 is 6.16. The van der Waals surface area contributed by atoms with Crippen LogP contribution in [0.1, 0.15) is 12.8 Å². The number of carboxylic acids is 1. The van der Waals surface area contributed by atoms with E-state index < -0.39 is 17.9 Å². The summed E-state index contributed by atoms with van der Waals surface area (Å²) >= 11 is 0. The molecule has 8 nitrogen and oxygen atoms in total. The van der Waals surface area contributed by atoms with Gasteiger partial charge < -0.3 is 15.2 Å². The Morgan fingerprint density at radius 1 is 1.56 bits per heavy atom. The second kappa shape index (κ2) is 7.38. The SMILES string of the molecule is COCCCC(NC(=O)Cn1cncn1)C(=O)O. The van der Waals surface area contributed by atoms with E-state index in [9.17, 15) is 9.59 Å². The summed E-state index contributed by atoms with van der Waals surface area (Å²) in [6, 6.07) is -0.906. The van der Waals surface area contributed by atoms with E-state index in [1.165, 1.54) is 17.3 Å². The normalized spacial score (nSPS) is 12.1. The van der Waals surface area contributed by atoms with Crippen LogP contribution in [-0.4, -0.2) is 51.5 Å². The van der Waals surface area contributed by atoms with Crippen LogP contribution >= 0.6 is 0 Å². The van der Waals surface area contributed by atoms with E-state index in [1.807, 2.05) is 0 Å². The van der Waals surface area contributed by atoms with Crippen LogP contribution in [0, 0.1) is 0 Å². The summed E-state index contributed by atoms with van der Waals surface area (Å²) in [5, 5.41) is 15.1. The number of amides is 1. The molecule has 0 saturated carbocycles. The summed E-state index contributed by atoms with van der Waals surface area (Å²) in [6.07, 6.45) is 3.59. The molecule has 8 heteroatoms. The van der Waals surface area contributed by atoms with Crippen LogP contribution in [0.2, 0.25) is 0 Å². The van der Waals surface area contributed by atoms with Crippen molar-refractivity contribution in [3.8, 4) is 0 Å². The Labute approximate surface area is 104 Å². The minimum Gasteiger partial charge on any atom is -0.480 e. The molecule has 1 heterocycles. The molecule has 18 heavy (non-hydrogen) atoms. The first kappa shape index (κ1) is 14.1. The first-order chi connectivity index (χ1) is 8.63. The maximum Gasteiger partial charge on any atom is 0.326 e. The highest BCUT2D eigenvalue weighted by Gasteiger charge is 2.19. The van der Waals surface area contributed by atoms with Crippen molar-refractivity contribution in [2.75, 3.05) is 13.7 Å². The molecule has 1 unspecified atom stereocenters. The van der Waals surface area contributed by atoms with Gasteiger partial charge in [0.2, 0.25) is 5.91 Å². The third-order valence-corrected chi connectivity index (χ3v) is 2.25. The summed E-state index contributed by atoms with van der Waals surface area (Å²) in [4.78, 5) is 26.2. The van der Waals surface area contributed by atoms with Gasteiger partial charge in [-0.25, -0.2) is 14.5 Å². The van der Waals surface area contributed by atoms with Crippen molar-refractivity contribution in [2.45, 2.75) is 25.4 Å². The highest BCUT2D eigenvalue weighted by atomic mass is 16.5. The molecule has 0 aliphatic carbocycles. The van der Waals surface area contributed by atoms with Crippen LogP contribution in [0.3, 0.4) is 0 Å². The number of nitrogens with one attached hydrogen (secondary N) is 1. The largest absolute Gasteiger partial charge is 0.480 e. The Kier molecular flexibility index (Phi) is 5.78. The van der Waals surface area contributed by atoms with Crippen molar-refractivity contribution >= 4 is 11.9 Å². The predicted octanol–water partition coefficient (Wildman–Crippen LogP) is -0.726. The molecule has 1 atom stereocenters. The molecule has 1 aromatic heterocycles. The topological polar surface area (TPSA) is 106 Å². The molecular formula is C10H16N4O4. The van der Waals surface area contributed by atoms with Gasteiger partial charge in [0.05, 0.1) is 0 Å². The molecule has 0 radical (unpaired) electrons. The first-order valence-corrected chi connectivity index (χ1v) is 5.47. The number of nitrogens with zero attached hydrogens (tertiary/aromatic N) is 3. The van der Waals surface area contributed by atoms with E-state index in [-0.39, 0.29) is 6.54 Å². The third-order valence-electron chi connectivity index (χ3n) is 2.25. The average Bonchev–Trinajstić information content (AvgIpc) is 2.80. The van der Waals surface area contributed by atoms with Crippen LogP contribution < -0.4 is 5.32 Å². The standard InChI is InChI=1S/C10H16N4O4/c1-18-4-2-3-8(10(16)17)13-9(15)5-14-7-11-6-12-14/h6-8H,2-5H2,1H3,(H,13,15)(H,16,17). The van der Waals surface area contributed by atoms with E-state index in [1.54, 1.807) is 7.11 Å². The quantitative estimate of drug-likeness (QED) is 0.594. The van der Waals surface area contributed by atoms with Gasteiger partial charge in [0.25, 0.3) is 0 Å². The van der Waals surface area contributed by atoms with Crippen LogP contribution in [0.5, 0.6) is 0 Å². The molecule has 100 valence electrons. The van der Waals surface area contributed by atoms with E-state index in [2.05, 4.69) is 15.4 Å². The van der Waals surface area contributed by atoms with Gasteiger partial charge in [0.1, 0.15) is 25.2 Å². The molecule has 1 amide bonds. The van der Waals surface area contributed by atoms with E-state index in [4.69, 9.17) is 9.84 Å².